The molecule has 0 spiro atoms. The summed E-state index contributed by atoms with van der Waals surface area (Å²) in [5, 5.41) is 7.18. The largest absolute Gasteiger partial charge is 0.450 e. The number of fused-ring (bicyclic) bond motifs is 3. The average molecular weight is 467 g/mol. The van der Waals surface area contributed by atoms with Gasteiger partial charge in [-0.25, -0.2) is 0 Å². The summed E-state index contributed by atoms with van der Waals surface area (Å²) < 4.78 is 66.0. The van der Waals surface area contributed by atoms with Crippen molar-refractivity contribution in [3.8, 4) is 0 Å². The number of alkyl halides is 3. The molecule has 2 aromatic heterocycles. The topological polar surface area (TPSA) is 87.8 Å². The third-order valence-corrected chi connectivity index (χ3v) is 5.95. The van der Waals surface area contributed by atoms with Gasteiger partial charge in [0.2, 0.25) is 5.76 Å². The average Bonchev–Trinajstić information content (AvgIpc) is 3.47. The summed E-state index contributed by atoms with van der Waals surface area (Å²) in [5.41, 5.74) is -1.05. The molecule has 4 heterocycles. The zero-order valence-corrected chi connectivity index (χ0v) is 18.0. The summed E-state index contributed by atoms with van der Waals surface area (Å²) in [6.07, 6.45) is -1.97. The quantitative estimate of drug-likeness (QED) is 0.618. The fourth-order valence-corrected chi connectivity index (χ4v) is 4.42. The molecule has 5 rings (SSSR count). The number of halogens is 3. The number of benzene rings is 1. The van der Waals surface area contributed by atoms with Crippen molar-refractivity contribution in [1.29, 1.82) is 0 Å². The summed E-state index contributed by atoms with van der Waals surface area (Å²) in [5.74, 6) is -1.70. The number of rotatable bonds is 5. The van der Waals surface area contributed by atoms with Gasteiger partial charge >= 0.3 is 6.18 Å². The summed E-state index contributed by atoms with van der Waals surface area (Å²) in [6, 6.07) is 3.05. The second-order valence-corrected chi connectivity index (χ2v) is 8.46. The molecule has 1 aromatic carbocycles. The fraction of sp³-hybridized carbons (Fsp3) is 0.545. The molecule has 2 unspecified atom stereocenters. The fourth-order valence-electron chi connectivity index (χ4n) is 4.42. The number of ether oxygens (including phenoxy) is 3. The second-order valence-electron chi connectivity index (χ2n) is 8.46. The Morgan fingerprint density at radius 1 is 1.24 bits per heavy atom. The van der Waals surface area contributed by atoms with Crippen LogP contribution in [0.3, 0.4) is 0 Å². The normalized spacial score (nSPS) is 24.1. The zero-order chi connectivity index (χ0) is 23.2. The Kier molecular flexibility index (Phi) is 5.79. The lowest BCUT2D eigenvalue weighted by Crippen LogP contribution is -2.33. The molecular weight excluding hydrogens is 443 g/mol. The minimum absolute atomic E-state index is 0.0480. The maximum absolute atomic E-state index is 14.1. The van der Waals surface area contributed by atoms with E-state index in [2.05, 4.69) is 10.4 Å². The van der Waals surface area contributed by atoms with Gasteiger partial charge in [0.05, 0.1) is 44.0 Å². The second kappa shape index (κ2) is 8.62. The first-order valence-electron chi connectivity index (χ1n) is 10.9. The van der Waals surface area contributed by atoms with E-state index in [1.54, 1.807) is 12.3 Å². The first-order chi connectivity index (χ1) is 15.8. The number of hydrogen-bond acceptors (Lipinski definition) is 6. The van der Waals surface area contributed by atoms with Crippen LogP contribution in [-0.4, -0.2) is 60.4 Å². The van der Waals surface area contributed by atoms with E-state index in [1.807, 2.05) is 6.92 Å². The first-order valence-corrected chi connectivity index (χ1v) is 10.9. The third kappa shape index (κ3) is 4.44. The van der Waals surface area contributed by atoms with Gasteiger partial charge < -0.3 is 23.9 Å². The van der Waals surface area contributed by atoms with E-state index in [0.717, 1.165) is 12.8 Å². The maximum atomic E-state index is 14.1. The summed E-state index contributed by atoms with van der Waals surface area (Å²) in [7, 11) is 0. The molecule has 2 fully saturated rings. The first kappa shape index (κ1) is 22.2. The van der Waals surface area contributed by atoms with E-state index in [9.17, 15) is 18.0 Å². The lowest BCUT2D eigenvalue weighted by molar-refractivity contribution is -0.137. The van der Waals surface area contributed by atoms with Crippen molar-refractivity contribution < 1.29 is 36.6 Å². The number of nitrogens with one attached hydrogen (secondary N) is 1. The minimum atomic E-state index is -4.81. The van der Waals surface area contributed by atoms with Gasteiger partial charge in [0.15, 0.2) is 0 Å². The van der Waals surface area contributed by atoms with E-state index >= 15 is 0 Å². The van der Waals surface area contributed by atoms with Gasteiger partial charge in [0, 0.05) is 18.1 Å². The third-order valence-electron chi connectivity index (χ3n) is 5.95. The number of aromatic nitrogens is 2. The van der Waals surface area contributed by atoms with Gasteiger partial charge in [-0.3, -0.25) is 9.48 Å². The van der Waals surface area contributed by atoms with Crippen LogP contribution >= 0.6 is 0 Å². The lowest BCUT2D eigenvalue weighted by Gasteiger charge is -2.22. The van der Waals surface area contributed by atoms with Crippen molar-refractivity contribution in [2.75, 3.05) is 26.4 Å². The Bertz CT molecular complexity index is 1170. The standard InChI is InChI=1S/C22H24F3N3O5/c1-12-2-4-14(32-12)8-26-21(29)20-18(22(23,24)25)17-16(33-20)5-3-13-9-28(27-19(13)17)10-15-11-30-6-7-31-15/h3,5,9,12,14-15H,2,4,6-8,10-11H2,1H3,(H,26,29)/t12?,14?,15-/m0/s1. The Morgan fingerprint density at radius 3 is 2.79 bits per heavy atom. The summed E-state index contributed by atoms with van der Waals surface area (Å²) >= 11 is 0. The lowest BCUT2D eigenvalue weighted by atomic mass is 10.1. The molecule has 0 aliphatic carbocycles. The van der Waals surface area contributed by atoms with Crippen molar-refractivity contribution in [2.45, 2.75) is 50.8 Å². The minimum Gasteiger partial charge on any atom is -0.450 e. The smallest absolute Gasteiger partial charge is 0.421 e. The van der Waals surface area contributed by atoms with Gasteiger partial charge in [-0.15, -0.1) is 0 Å². The Labute approximate surface area is 186 Å². The molecule has 0 radical (unpaired) electrons. The van der Waals surface area contributed by atoms with Crippen molar-refractivity contribution in [3.05, 3.63) is 29.7 Å². The van der Waals surface area contributed by atoms with Gasteiger partial charge in [0.1, 0.15) is 22.8 Å². The molecule has 3 aromatic rings. The molecule has 8 nitrogen and oxygen atoms in total. The van der Waals surface area contributed by atoms with Crippen LogP contribution in [0.15, 0.2) is 22.7 Å². The van der Waals surface area contributed by atoms with E-state index in [0.29, 0.717) is 31.8 Å². The molecule has 1 amide bonds. The van der Waals surface area contributed by atoms with Crippen LogP contribution in [0.5, 0.6) is 0 Å². The van der Waals surface area contributed by atoms with Crippen molar-refractivity contribution >= 4 is 27.8 Å². The van der Waals surface area contributed by atoms with Gasteiger partial charge in [-0.1, -0.05) is 0 Å². The molecule has 2 saturated heterocycles. The number of nitrogens with zero attached hydrogens (tertiary/aromatic N) is 2. The highest BCUT2D eigenvalue weighted by atomic mass is 19.4. The van der Waals surface area contributed by atoms with Crippen LogP contribution in [0.2, 0.25) is 0 Å². The van der Waals surface area contributed by atoms with Gasteiger partial charge in [-0.2, -0.15) is 18.3 Å². The highest BCUT2D eigenvalue weighted by Crippen LogP contribution is 2.42. The highest BCUT2D eigenvalue weighted by Gasteiger charge is 2.42. The Morgan fingerprint density at radius 2 is 2.09 bits per heavy atom. The van der Waals surface area contributed by atoms with Gasteiger partial charge in [0.25, 0.3) is 5.91 Å². The molecule has 2 aliphatic heterocycles. The molecule has 0 saturated carbocycles. The maximum Gasteiger partial charge on any atom is 0.421 e. The van der Waals surface area contributed by atoms with E-state index in [4.69, 9.17) is 18.6 Å². The SMILES string of the molecule is CC1CCC(CNC(=O)c2oc3ccc4cn(C[C@H]5COCCO5)nc4c3c2C(F)(F)F)O1. The number of carbonyl (C=O) groups is 1. The van der Waals surface area contributed by atoms with E-state index < -0.39 is 23.4 Å². The number of furan rings is 1. The van der Waals surface area contributed by atoms with Crippen LogP contribution in [0.25, 0.3) is 21.9 Å². The predicted molar refractivity (Wildman–Crippen MR) is 111 cm³/mol. The molecule has 33 heavy (non-hydrogen) atoms. The number of hydrogen-bond donors (Lipinski definition) is 1. The van der Waals surface area contributed by atoms with Crippen molar-refractivity contribution in [2.24, 2.45) is 0 Å². The van der Waals surface area contributed by atoms with Crippen LogP contribution in [0.1, 0.15) is 35.9 Å². The van der Waals surface area contributed by atoms with Crippen molar-refractivity contribution in [1.82, 2.24) is 15.1 Å². The Balaban J connectivity index is 1.49. The Hall–Kier alpha value is -2.63. The number of amides is 1. The van der Waals surface area contributed by atoms with E-state index in [1.165, 1.54) is 10.7 Å². The van der Waals surface area contributed by atoms with Crippen LogP contribution in [-0.2, 0) is 26.9 Å². The molecule has 11 heteroatoms. The van der Waals surface area contributed by atoms with Crippen LogP contribution in [0.4, 0.5) is 13.2 Å². The monoisotopic (exact) mass is 467 g/mol. The predicted octanol–water partition coefficient (Wildman–Crippen LogP) is 3.51. The zero-order valence-electron chi connectivity index (χ0n) is 18.0. The molecule has 3 atom stereocenters. The molecule has 1 N–H and O–H groups in total. The summed E-state index contributed by atoms with van der Waals surface area (Å²) in [6.45, 7) is 3.73. The summed E-state index contributed by atoms with van der Waals surface area (Å²) in [4.78, 5) is 12.7. The molecule has 0 bridgehead atoms. The van der Waals surface area contributed by atoms with Gasteiger partial charge in [-0.05, 0) is 31.9 Å². The highest BCUT2D eigenvalue weighted by molar-refractivity contribution is 6.09. The van der Waals surface area contributed by atoms with E-state index in [-0.39, 0.29) is 41.3 Å². The van der Waals surface area contributed by atoms with Crippen LogP contribution < -0.4 is 5.32 Å². The molecular formula is C22H24F3N3O5. The van der Waals surface area contributed by atoms with Crippen LogP contribution in [0, 0.1) is 0 Å². The molecule has 178 valence electrons. The molecule has 2 aliphatic rings. The number of carbonyl (C=O) groups excluding carboxylic acids is 1. The van der Waals surface area contributed by atoms with Crippen molar-refractivity contribution in [3.63, 3.8) is 0 Å².